The third-order valence-electron chi connectivity index (χ3n) is 3.80. The number of ether oxygens (including phenoxy) is 1. The predicted octanol–water partition coefficient (Wildman–Crippen LogP) is 4.48. The smallest absolute Gasteiger partial charge is 0.168 e. The molecule has 24 heavy (non-hydrogen) atoms. The summed E-state index contributed by atoms with van der Waals surface area (Å²) < 4.78 is 5.85. The van der Waals surface area contributed by atoms with Crippen LogP contribution in [0.4, 0.5) is 0 Å². The highest BCUT2D eigenvalue weighted by Gasteiger charge is 2.15. The molecule has 1 aromatic heterocycles. The van der Waals surface area contributed by atoms with E-state index in [1.807, 2.05) is 66.9 Å². The first-order chi connectivity index (χ1) is 11.8. The van der Waals surface area contributed by atoms with Crippen LogP contribution in [0.1, 0.15) is 22.1 Å². The molecule has 1 atom stereocenters. The summed E-state index contributed by atoms with van der Waals surface area (Å²) in [4.78, 5) is 19.3. The van der Waals surface area contributed by atoms with Crippen LogP contribution in [0.2, 0.25) is 0 Å². The van der Waals surface area contributed by atoms with Gasteiger partial charge in [-0.2, -0.15) is 0 Å². The molecule has 4 heteroatoms. The van der Waals surface area contributed by atoms with Gasteiger partial charge in [0.05, 0.1) is 5.69 Å². The lowest BCUT2D eigenvalue weighted by atomic mass is 10.1. The van der Waals surface area contributed by atoms with Crippen LogP contribution in [0.3, 0.4) is 0 Å². The van der Waals surface area contributed by atoms with Crippen molar-refractivity contribution in [2.45, 2.75) is 6.04 Å². The van der Waals surface area contributed by atoms with E-state index in [0.717, 1.165) is 29.0 Å². The zero-order valence-electron chi connectivity index (χ0n) is 12.8. The van der Waals surface area contributed by atoms with Gasteiger partial charge in [0.1, 0.15) is 23.2 Å². The van der Waals surface area contributed by atoms with Gasteiger partial charge >= 0.3 is 0 Å². The van der Waals surface area contributed by atoms with Gasteiger partial charge in [0.2, 0.25) is 0 Å². The van der Waals surface area contributed by atoms with Crippen LogP contribution >= 0.6 is 0 Å². The Bertz CT molecular complexity index is 894. The summed E-state index contributed by atoms with van der Waals surface area (Å²) in [6.07, 6.45) is 2.67. The van der Waals surface area contributed by atoms with Gasteiger partial charge in [-0.05, 0) is 54.1 Å². The molecule has 0 fully saturated rings. The maximum absolute atomic E-state index is 10.8. The summed E-state index contributed by atoms with van der Waals surface area (Å²) in [6.45, 7) is 0. The van der Waals surface area contributed by atoms with Crippen molar-refractivity contribution in [3.63, 3.8) is 0 Å². The van der Waals surface area contributed by atoms with E-state index >= 15 is 0 Å². The number of carbonyl (C=O) groups excluding carboxylic acids is 1. The molecule has 1 aliphatic heterocycles. The fraction of sp³-hybridized carbons (Fsp3) is 0.0500. The number of aliphatic imine (C=N–C) groups is 1. The Balaban J connectivity index is 1.49. The molecule has 0 saturated carbocycles. The van der Waals surface area contributed by atoms with Crippen molar-refractivity contribution in [3.8, 4) is 22.8 Å². The average molecular weight is 314 g/mol. The third kappa shape index (κ3) is 3.08. The number of benzene rings is 2. The SMILES string of the molecule is O=Cc1cccc(-c2ccc(Oc3ccc(C4C=N4)cc3)cc2)n1. The number of rotatable bonds is 5. The molecule has 0 amide bonds. The molecule has 116 valence electrons. The largest absolute Gasteiger partial charge is 0.457 e. The second kappa shape index (κ2) is 6.08. The number of nitrogens with zero attached hydrogens (tertiary/aromatic N) is 2. The highest BCUT2D eigenvalue weighted by atomic mass is 16.5. The second-order valence-electron chi connectivity index (χ2n) is 5.50. The van der Waals surface area contributed by atoms with Crippen molar-refractivity contribution in [1.29, 1.82) is 0 Å². The van der Waals surface area contributed by atoms with Crippen LogP contribution < -0.4 is 4.74 Å². The number of hydrogen-bond acceptors (Lipinski definition) is 4. The van der Waals surface area contributed by atoms with Gasteiger partial charge in [-0.25, -0.2) is 4.98 Å². The summed E-state index contributed by atoms with van der Waals surface area (Å²) >= 11 is 0. The van der Waals surface area contributed by atoms with Gasteiger partial charge in [-0.3, -0.25) is 9.79 Å². The molecule has 0 spiro atoms. The number of carbonyl (C=O) groups is 1. The first kappa shape index (κ1) is 14.3. The Morgan fingerprint density at radius 3 is 2.17 bits per heavy atom. The first-order valence-electron chi connectivity index (χ1n) is 7.65. The summed E-state index contributed by atoms with van der Waals surface area (Å²) in [5, 5.41) is 0. The molecule has 2 aromatic carbocycles. The predicted molar refractivity (Wildman–Crippen MR) is 92.8 cm³/mol. The minimum atomic E-state index is 0.257. The molecule has 4 rings (SSSR count). The Morgan fingerprint density at radius 2 is 1.54 bits per heavy atom. The van der Waals surface area contributed by atoms with E-state index in [1.54, 1.807) is 6.07 Å². The van der Waals surface area contributed by atoms with Crippen molar-refractivity contribution in [3.05, 3.63) is 78.0 Å². The van der Waals surface area contributed by atoms with E-state index in [-0.39, 0.29) is 6.04 Å². The van der Waals surface area contributed by atoms with Crippen LogP contribution in [0.25, 0.3) is 11.3 Å². The topological polar surface area (TPSA) is 51.5 Å². The summed E-state index contributed by atoms with van der Waals surface area (Å²) in [5.74, 6) is 1.54. The van der Waals surface area contributed by atoms with Crippen molar-refractivity contribution in [2.75, 3.05) is 0 Å². The van der Waals surface area contributed by atoms with E-state index < -0.39 is 0 Å². The number of aldehydes is 1. The molecule has 4 nitrogen and oxygen atoms in total. The van der Waals surface area contributed by atoms with Gasteiger partial charge in [-0.15, -0.1) is 0 Å². The highest BCUT2D eigenvalue weighted by molar-refractivity contribution is 5.80. The van der Waals surface area contributed by atoms with Crippen LogP contribution in [0.15, 0.2) is 71.7 Å². The monoisotopic (exact) mass is 314 g/mol. The molecule has 2 heterocycles. The van der Waals surface area contributed by atoms with Crippen LogP contribution in [0.5, 0.6) is 11.5 Å². The van der Waals surface area contributed by atoms with Crippen molar-refractivity contribution in [2.24, 2.45) is 4.99 Å². The first-order valence-corrected chi connectivity index (χ1v) is 7.65. The zero-order valence-corrected chi connectivity index (χ0v) is 12.8. The van der Waals surface area contributed by atoms with E-state index in [2.05, 4.69) is 9.98 Å². The van der Waals surface area contributed by atoms with E-state index in [0.29, 0.717) is 5.69 Å². The van der Waals surface area contributed by atoms with E-state index in [4.69, 9.17) is 4.74 Å². The summed E-state index contributed by atoms with van der Waals surface area (Å²) in [6, 6.07) is 21.2. The van der Waals surface area contributed by atoms with Gasteiger partial charge in [0.15, 0.2) is 6.29 Å². The van der Waals surface area contributed by atoms with Crippen molar-refractivity contribution < 1.29 is 9.53 Å². The van der Waals surface area contributed by atoms with Gasteiger partial charge in [-0.1, -0.05) is 18.2 Å². The fourth-order valence-electron chi connectivity index (χ4n) is 2.46. The molecule has 1 unspecified atom stereocenters. The normalized spacial score (nSPS) is 15.1. The lowest BCUT2D eigenvalue weighted by molar-refractivity contribution is 0.111. The zero-order chi connectivity index (χ0) is 16.4. The molecule has 0 radical (unpaired) electrons. The maximum Gasteiger partial charge on any atom is 0.168 e. The summed E-state index contributed by atoms with van der Waals surface area (Å²) in [7, 11) is 0. The molecule has 1 aliphatic rings. The van der Waals surface area contributed by atoms with Crippen molar-refractivity contribution >= 4 is 12.5 Å². The number of hydrogen-bond donors (Lipinski definition) is 0. The fourth-order valence-corrected chi connectivity index (χ4v) is 2.46. The quantitative estimate of drug-likeness (QED) is 0.652. The third-order valence-corrected chi connectivity index (χ3v) is 3.80. The van der Waals surface area contributed by atoms with Gasteiger partial charge < -0.3 is 4.74 Å². The van der Waals surface area contributed by atoms with E-state index in [9.17, 15) is 4.79 Å². The molecule has 0 aliphatic carbocycles. The lowest BCUT2D eigenvalue weighted by Gasteiger charge is -2.07. The molecule has 0 bridgehead atoms. The lowest BCUT2D eigenvalue weighted by Crippen LogP contribution is -1.90. The maximum atomic E-state index is 10.8. The van der Waals surface area contributed by atoms with E-state index in [1.165, 1.54) is 5.56 Å². The van der Waals surface area contributed by atoms with Crippen LogP contribution in [-0.4, -0.2) is 17.5 Å². The van der Waals surface area contributed by atoms with Crippen LogP contribution in [-0.2, 0) is 0 Å². The minimum absolute atomic E-state index is 0.257. The molecule has 3 aromatic rings. The van der Waals surface area contributed by atoms with Gasteiger partial charge in [0, 0.05) is 11.8 Å². The van der Waals surface area contributed by atoms with Gasteiger partial charge in [0.25, 0.3) is 0 Å². The molecular weight excluding hydrogens is 300 g/mol. The van der Waals surface area contributed by atoms with Crippen LogP contribution in [0, 0.1) is 0 Å². The standard InChI is InChI=1S/C20H14N2O2/c23-13-16-2-1-3-19(22-16)14-4-8-17(9-5-14)24-18-10-6-15(7-11-18)20-12-21-20/h1-13,20H. The molecule has 0 saturated heterocycles. The minimum Gasteiger partial charge on any atom is -0.457 e. The second-order valence-corrected chi connectivity index (χ2v) is 5.50. The Kier molecular flexibility index (Phi) is 3.63. The average Bonchev–Trinajstić information content (AvgIpc) is 3.48. The molecular formula is C20H14N2O2. The number of aromatic nitrogens is 1. The molecule has 0 N–H and O–H groups in total. The highest BCUT2D eigenvalue weighted by Crippen LogP contribution is 2.29. The Morgan fingerprint density at radius 1 is 0.875 bits per heavy atom. The Hall–Kier alpha value is -3.27. The van der Waals surface area contributed by atoms with Crippen molar-refractivity contribution in [1.82, 2.24) is 4.98 Å². The number of pyridine rings is 1. The Labute approximate surface area is 139 Å². The summed E-state index contributed by atoms with van der Waals surface area (Å²) in [5.41, 5.74) is 3.30.